The Kier molecular flexibility index (Phi) is 8.00. The summed E-state index contributed by atoms with van der Waals surface area (Å²) in [4.78, 5) is 17.1. The maximum atomic E-state index is 12.2. The van der Waals surface area contributed by atoms with Crippen LogP contribution in [0.3, 0.4) is 0 Å². The van der Waals surface area contributed by atoms with Gasteiger partial charge in [-0.05, 0) is 61.4 Å². The summed E-state index contributed by atoms with van der Waals surface area (Å²) >= 11 is 0. The molecule has 176 valence electrons. The van der Waals surface area contributed by atoms with Gasteiger partial charge in [-0.1, -0.05) is 38.1 Å². The monoisotopic (exact) mass is 449 g/mol. The molecule has 1 aromatic heterocycles. The Hall–Kier alpha value is -2.86. The lowest BCUT2D eigenvalue weighted by molar-refractivity contribution is -0.130. The summed E-state index contributed by atoms with van der Waals surface area (Å²) in [6, 6.07) is 16.6. The number of ether oxygens (including phenoxy) is 2. The lowest BCUT2D eigenvalue weighted by Gasteiger charge is -2.12. The van der Waals surface area contributed by atoms with Gasteiger partial charge < -0.3 is 19.4 Å². The number of carbonyl (C=O) groups excluding carboxylic acids is 1. The Morgan fingerprint density at radius 2 is 2.00 bits per heavy atom. The number of imidazole rings is 1. The van der Waals surface area contributed by atoms with E-state index in [9.17, 15) is 4.79 Å². The topological polar surface area (TPSA) is 65.4 Å². The molecule has 1 unspecified atom stereocenters. The molecule has 2 heterocycles. The summed E-state index contributed by atoms with van der Waals surface area (Å²) in [7, 11) is 0. The number of nitrogens with one attached hydrogen (secondary N) is 1. The van der Waals surface area contributed by atoms with E-state index < -0.39 is 0 Å². The lowest BCUT2D eigenvalue weighted by atomic mass is 10.0. The number of amides is 1. The maximum absolute atomic E-state index is 12.2. The van der Waals surface area contributed by atoms with E-state index in [-0.39, 0.29) is 12.0 Å². The summed E-state index contributed by atoms with van der Waals surface area (Å²) < 4.78 is 13.7. The van der Waals surface area contributed by atoms with Gasteiger partial charge in [0.1, 0.15) is 17.7 Å². The zero-order valence-electron chi connectivity index (χ0n) is 19.8. The molecule has 1 N–H and O–H groups in total. The van der Waals surface area contributed by atoms with Crippen molar-refractivity contribution in [2.45, 2.75) is 64.5 Å². The molecule has 0 radical (unpaired) electrons. The average Bonchev–Trinajstić information content (AvgIpc) is 3.48. The summed E-state index contributed by atoms with van der Waals surface area (Å²) in [5.74, 6) is 2.46. The molecular formula is C27H35N3O3. The van der Waals surface area contributed by atoms with Gasteiger partial charge in [-0.15, -0.1) is 0 Å². The predicted molar refractivity (Wildman–Crippen MR) is 131 cm³/mol. The van der Waals surface area contributed by atoms with Crippen LogP contribution in [-0.2, 0) is 22.5 Å². The quantitative estimate of drug-likeness (QED) is 0.425. The molecule has 6 nitrogen and oxygen atoms in total. The summed E-state index contributed by atoms with van der Waals surface area (Å²) in [6.45, 7) is 7.22. The molecule has 1 aliphatic heterocycles. The normalized spacial score (nSPS) is 15.9. The van der Waals surface area contributed by atoms with Crippen LogP contribution in [0.1, 0.15) is 56.8 Å². The molecule has 1 fully saturated rings. The smallest absolute Gasteiger partial charge is 0.249 e. The molecule has 1 amide bonds. The Balaban J connectivity index is 1.28. The fourth-order valence-electron chi connectivity index (χ4n) is 4.27. The average molecular weight is 450 g/mol. The zero-order valence-corrected chi connectivity index (χ0v) is 19.8. The number of para-hydroxylation sites is 2. The lowest BCUT2D eigenvalue weighted by Crippen LogP contribution is -2.35. The second-order valence-electron chi connectivity index (χ2n) is 8.99. The number of aromatic nitrogens is 2. The molecule has 2 aromatic carbocycles. The fraction of sp³-hybridized carbons (Fsp3) is 0.481. The summed E-state index contributed by atoms with van der Waals surface area (Å²) in [5.41, 5.74) is 3.47. The Labute approximate surface area is 196 Å². The van der Waals surface area contributed by atoms with Crippen molar-refractivity contribution in [3.05, 3.63) is 59.9 Å². The minimum absolute atomic E-state index is 0.00580. The van der Waals surface area contributed by atoms with Gasteiger partial charge in [-0.3, -0.25) is 4.79 Å². The number of aryl methyl sites for hydroxylation is 1. The van der Waals surface area contributed by atoms with Gasteiger partial charge in [0.15, 0.2) is 0 Å². The highest BCUT2D eigenvalue weighted by Crippen LogP contribution is 2.20. The van der Waals surface area contributed by atoms with Crippen LogP contribution in [0.5, 0.6) is 5.75 Å². The summed E-state index contributed by atoms with van der Waals surface area (Å²) in [5, 5.41) is 3.01. The van der Waals surface area contributed by atoms with E-state index in [1.807, 2.05) is 18.2 Å². The third kappa shape index (κ3) is 6.14. The molecule has 1 aliphatic rings. The van der Waals surface area contributed by atoms with Gasteiger partial charge in [0, 0.05) is 26.1 Å². The summed E-state index contributed by atoms with van der Waals surface area (Å²) in [6.07, 6.45) is 4.15. The maximum Gasteiger partial charge on any atom is 0.249 e. The molecule has 3 aromatic rings. The molecule has 6 heteroatoms. The molecule has 1 saturated heterocycles. The van der Waals surface area contributed by atoms with Crippen LogP contribution in [0.4, 0.5) is 0 Å². The Morgan fingerprint density at radius 3 is 2.76 bits per heavy atom. The first-order valence-electron chi connectivity index (χ1n) is 12.2. The Morgan fingerprint density at radius 1 is 1.18 bits per heavy atom. The third-order valence-electron chi connectivity index (χ3n) is 6.20. The highest BCUT2D eigenvalue weighted by Gasteiger charge is 2.23. The van der Waals surface area contributed by atoms with Crippen molar-refractivity contribution in [3.8, 4) is 5.75 Å². The van der Waals surface area contributed by atoms with Crippen LogP contribution in [0.25, 0.3) is 11.0 Å². The van der Waals surface area contributed by atoms with E-state index in [2.05, 4.69) is 54.1 Å². The van der Waals surface area contributed by atoms with Gasteiger partial charge >= 0.3 is 0 Å². The molecule has 0 bridgehead atoms. The second kappa shape index (κ2) is 11.3. The first-order valence-corrected chi connectivity index (χ1v) is 12.2. The molecule has 0 aliphatic carbocycles. The number of carbonyl (C=O) groups is 1. The van der Waals surface area contributed by atoms with Crippen molar-refractivity contribution < 1.29 is 14.3 Å². The molecular weight excluding hydrogens is 414 g/mol. The Bertz CT molecular complexity index is 1040. The number of hydrogen-bond donors (Lipinski definition) is 1. The SMILES string of the molecule is CC(C)c1ccc(OCCCCn2c(CCNC(=O)C3CCCO3)nc3ccccc32)cc1. The van der Waals surface area contributed by atoms with Crippen molar-refractivity contribution in [1.29, 1.82) is 0 Å². The number of fused-ring (bicyclic) bond motifs is 1. The first-order chi connectivity index (χ1) is 16.1. The largest absolute Gasteiger partial charge is 0.494 e. The fourth-order valence-corrected chi connectivity index (χ4v) is 4.27. The van der Waals surface area contributed by atoms with Gasteiger partial charge in [0.25, 0.3) is 0 Å². The number of rotatable bonds is 11. The van der Waals surface area contributed by atoms with Crippen molar-refractivity contribution in [2.75, 3.05) is 19.8 Å². The van der Waals surface area contributed by atoms with E-state index in [0.29, 0.717) is 32.1 Å². The first kappa shape index (κ1) is 23.3. The molecule has 1 atom stereocenters. The van der Waals surface area contributed by atoms with Crippen molar-refractivity contribution >= 4 is 16.9 Å². The standard InChI is InChI=1S/C27H35N3O3/c1-20(2)21-11-13-22(14-12-21)32-18-6-5-17-30-24-9-4-3-8-23(24)29-26(30)15-16-28-27(31)25-10-7-19-33-25/h3-4,8-9,11-14,20,25H,5-7,10,15-19H2,1-2H3,(H,28,31). The van der Waals surface area contributed by atoms with E-state index in [0.717, 1.165) is 54.8 Å². The van der Waals surface area contributed by atoms with Crippen LogP contribution in [0.2, 0.25) is 0 Å². The molecule has 4 rings (SSSR count). The highest BCUT2D eigenvalue weighted by atomic mass is 16.5. The van der Waals surface area contributed by atoms with Crippen molar-refractivity contribution in [1.82, 2.24) is 14.9 Å². The molecule has 33 heavy (non-hydrogen) atoms. The molecule has 0 saturated carbocycles. The highest BCUT2D eigenvalue weighted by molar-refractivity contribution is 5.81. The zero-order chi connectivity index (χ0) is 23.0. The predicted octanol–water partition coefficient (Wildman–Crippen LogP) is 4.86. The van der Waals surface area contributed by atoms with E-state index in [4.69, 9.17) is 14.5 Å². The number of unbranched alkanes of at least 4 members (excludes halogenated alkanes) is 1. The van der Waals surface area contributed by atoms with Crippen molar-refractivity contribution in [3.63, 3.8) is 0 Å². The van der Waals surface area contributed by atoms with Gasteiger partial charge in [-0.25, -0.2) is 4.98 Å². The minimum Gasteiger partial charge on any atom is -0.494 e. The van der Waals surface area contributed by atoms with Crippen LogP contribution in [-0.4, -0.2) is 41.3 Å². The van der Waals surface area contributed by atoms with Crippen LogP contribution in [0.15, 0.2) is 48.5 Å². The third-order valence-corrected chi connectivity index (χ3v) is 6.20. The van der Waals surface area contributed by atoms with Crippen LogP contribution in [0, 0.1) is 0 Å². The van der Waals surface area contributed by atoms with Crippen LogP contribution >= 0.6 is 0 Å². The van der Waals surface area contributed by atoms with Crippen molar-refractivity contribution in [2.24, 2.45) is 0 Å². The van der Waals surface area contributed by atoms with E-state index in [1.165, 1.54) is 5.56 Å². The van der Waals surface area contributed by atoms with Gasteiger partial charge in [-0.2, -0.15) is 0 Å². The molecule has 0 spiro atoms. The van der Waals surface area contributed by atoms with E-state index in [1.54, 1.807) is 0 Å². The van der Waals surface area contributed by atoms with Gasteiger partial charge in [0.2, 0.25) is 5.91 Å². The van der Waals surface area contributed by atoms with Crippen LogP contribution < -0.4 is 10.1 Å². The van der Waals surface area contributed by atoms with E-state index >= 15 is 0 Å². The second-order valence-corrected chi connectivity index (χ2v) is 8.99. The minimum atomic E-state index is -0.287. The number of benzene rings is 2. The van der Waals surface area contributed by atoms with Gasteiger partial charge in [0.05, 0.1) is 17.6 Å². The number of hydrogen-bond acceptors (Lipinski definition) is 4. The number of nitrogens with zero attached hydrogens (tertiary/aromatic N) is 2.